The van der Waals surface area contributed by atoms with Crippen molar-refractivity contribution in [3.8, 4) is 0 Å². The molecule has 1 atom stereocenters. The van der Waals surface area contributed by atoms with Crippen LogP contribution in [0, 0.1) is 0 Å². The maximum Gasteiger partial charge on any atom is 0.0544 e. The number of hydrogen-bond donors (Lipinski definition) is 0. The van der Waals surface area contributed by atoms with Crippen LogP contribution in [0.2, 0.25) is 0 Å². The van der Waals surface area contributed by atoms with Gasteiger partial charge in [-0.3, -0.25) is 0 Å². The quantitative estimate of drug-likeness (QED) is 0.532. The molecule has 2 heteroatoms. The SMILES string of the molecule is CCC(C)OCCCOC. The summed E-state index contributed by atoms with van der Waals surface area (Å²) in [6.45, 7) is 5.84. The Labute approximate surface area is 63.5 Å². The Bertz CT molecular complexity index is 64.3. The van der Waals surface area contributed by atoms with E-state index in [2.05, 4.69) is 13.8 Å². The zero-order valence-electron chi connectivity index (χ0n) is 7.22. The molecule has 0 aliphatic heterocycles. The van der Waals surface area contributed by atoms with Crippen LogP contribution in [0.1, 0.15) is 26.7 Å². The number of rotatable bonds is 6. The maximum atomic E-state index is 5.41. The van der Waals surface area contributed by atoms with Crippen molar-refractivity contribution in [3.63, 3.8) is 0 Å². The third kappa shape index (κ3) is 6.05. The Hall–Kier alpha value is -0.0800. The van der Waals surface area contributed by atoms with Crippen LogP contribution in [-0.4, -0.2) is 26.4 Å². The van der Waals surface area contributed by atoms with Gasteiger partial charge in [-0.2, -0.15) is 0 Å². The summed E-state index contributed by atoms with van der Waals surface area (Å²) in [6, 6.07) is 0. The third-order valence-electron chi connectivity index (χ3n) is 1.47. The predicted octanol–water partition coefficient (Wildman–Crippen LogP) is 1.84. The van der Waals surface area contributed by atoms with Crippen LogP contribution in [0.4, 0.5) is 0 Å². The van der Waals surface area contributed by atoms with Gasteiger partial charge in [0.2, 0.25) is 0 Å². The van der Waals surface area contributed by atoms with Crippen LogP contribution >= 0.6 is 0 Å². The summed E-state index contributed by atoms with van der Waals surface area (Å²) in [5, 5.41) is 0. The lowest BCUT2D eigenvalue weighted by Crippen LogP contribution is -2.08. The van der Waals surface area contributed by atoms with Crippen molar-refractivity contribution in [2.45, 2.75) is 32.8 Å². The lowest BCUT2D eigenvalue weighted by molar-refractivity contribution is 0.0484. The summed E-state index contributed by atoms with van der Waals surface area (Å²) in [5.74, 6) is 0. The van der Waals surface area contributed by atoms with Crippen molar-refractivity contribution >= 4 is 0 Å². The highest BCUT2D eigenvalue weighted by Crippen LogP contribution is 1.96. The van der Waals surface area contributed by atoms with E-state index in [1.807, 2.05) is 0 Å². The average Bonchev–Trinajstić information content (AvgIpc) is 1.98. The van der Waals surface area contributed by atoms with Crippen LogP contribution in [0.25, 0.3) is 0 Å². The molecule has 0 amide bonds. The standard InChI is InChI=1S/C8H18O2/c1-4-8(2)10-7-5-6-9-3/h8H,4-7H2,1-3H3. The Kier molecular flexibility index (Phi) is 6.98. The molecule has 0 aromatic rings. The van der Waals surface area contributed by atoms with Crippen LogP contribution in [0.3, 0.4) is 0 Å². The minimum atomic E-state index is 0.400. The minimum Gasteiger partial charge on any atom is -0.385 e. The van der Waals surface area contributed by atoms with Crippen LogP contribution in [0.5, 0.6) is 0 Å². The molecule has 0 fully saturated rings. The summed E-state index contributed by atoms with van der Waals surface area (Å²) in [7, 11) is 1.71. The van der Waals surface area contributed by atoms with E-state index in [0.717, 1.165) is 26.1 Å². The lowest BCUT2D eigenvalue weighted by Gasteiger charge is -2.09. The van der Waals surface area contributed by atoms with E-state index in [-0.39, 0.29) is 0 Å². The molecule has 10 heavy (non-hydrogen) atoms. The number of methoxy groups -OCH3 is 1. The zero-order valence-corrected chi connectivity index (χ0v) is 7.22. The molecule has 0 radical (unpaired) electrons. The van der Waals surface area contributed by atoms with Gasteiger partial charge in [-0.15, -0.1) is 0 Å². The fourth-order valence-electron chi connectivity index (χ4n) is 0.606. The summed E-state index contributed by atoms with van der Waals surface area (Å²) < 4.78 is 10.3. The average molecular weight is 146 g/mol. The van der Waals surface area contributed by atoms with E-state index in [1.54, 1.807) is 7.11 Å². The highest BCUT2D eigenvalue weighted by atomic mass is 16.5. The molecule has 0 heterocycles. The molecule has 0 saturated heterocycles. The number of ether oxygens (including phenoxy) is 2. The second-order valence-electron chi connectivity index (χ2n) is 2.44. The van der Waals surface area contributed by atoms with Crippen molar-refractivity contribution in [2.24, 2.45) is 0 Å². The summed E-state index contributed by atoms with van der Waals surface area (Å²) in [6.07, 6.45) is 2.49. The van der Waals surface area contributed by atoms with Crippen molar-refractivity contribution in [2.75, 3.05) is 20.3 Å². The molecular weight excluding hydrogens is 128 g/mol. The molecule has 0 aromatic heterocycles. The predicted molar refractivity (Wildman–Crippen MR) is 42.2 cm³/mol. The van der Waals surface area contributed by atoms with Crippen LogP contribution < -0.4 is 0 Å². The first-order valence-corrected chi connectivity index (χ1v) is 3.91. The molecule has 0 bridgehead atoms. The zero-order chi connectivity index (χ0) is 7.82. The molecule has 2 nitrogen and oxygen atoms in total. The van der Waals surface area contributed by atoms with Crippen molar-refractivity contribution in [3.05, 3.63) is 0 Å². The van der Waals surface area contributed by atoms with E-state index in [4.69, 9.17) is 9.47 Å². The van der Waals surface area contributed by atoms with Gasteiger partial charge in [-0.1, -0.05) is 6.92 Å². The Morgan fingerprint density at radius 2 is 2.00 bits per heavy atom. The smallest absolute Gasteiger partial charge is 0.0544 e. The summed E-state index contributed by atoms with van der Waals surface area (Å²) in [4.78, 5) is 0. The van der Waals surface area contributed by atoms with Gasteiger partial charge in [0, 0.05) is 20.3 Å². The normalized spacial score (nSPS) is 13.5. The summed E-state index contributed by atoms with van der Waals surface area (Å²) >= 11 is 0. The Morgan fingerprint density at radius 1 is 1.30 bits per heavy atom. The molecule has 0 aliphatic rings. The molecule has 0 N–H and O–H groups in total. The van der Waals surface area contributed by atoms with Crippen molar-refractivity contribution < 1.29 is 9.47 Å². The monoisotopic (exact) mass is 146 g/mol. The largest absolute Gasteiger partial charge is 0.385 e. The fourth-order valence-corrected chi connectivity index (χ4v) is 0.606. The van der Waals surface area contributed by atoms with Gasteiger partial charge in [0.25, 0.3) is 0 Å². The first kappa shape index (κ1) is 9.92. The van der Waals surface area contributed by atoms with E-state index >= 15 is 0 Å². The molecule has 0 aliphatic carbocycles. The van der Waals surface area contributed by atoms with Gasteiger partial charge in [0.15, 0.2) is 0 Å². The summed E-state index contributed by atoms with van der Waals surface area (Å²) in [5.41, 5.74) is 0. The van der Waals surface area contributed by atoms with Gasteiger partial charge in [0.1, 0.15) is 0 Å². The first-order valence-electron chi connectivity index (χ1n) is 3.91. The minimum absolute atomic E-state index is 0.400. The van der Waals surface area contributed by atoms with E-state index in [1.165, 1.54) is 0 Å². The molecule has 0 rings (SSSR count). The second-order valence-corrected chi connectivity index (χ2v) is 2.44. The van der Waals surface area contributed by atoms with Gasteiger partial charge in [0.05, 0.1) is 6.10 Å². The third-order valence-corrected chi connectivity index (χ3v) is 1.47. The van der Waals surface area contributed by atoms with Gasteiger partial charge in [-0.05, 0) is 19.8 Å². The fraction of sp³-hybridized carbons (Fsp3) is 1.00. The number of hydrogen-bond acceptors (Lipinski definition) is 2. The second kappa shape index (κ2) is 7.03. The molecule has 0 spiro atoms. The molecular formula is C8H18O2. The van der Waals surface area contributed by atoms with E-state index in [0.29, 0.717) is 6.10 Å². The van der Waals surface area contributed by atoms with E-state index < -0.39 is 0 Å². The molecule has 1 unspecified atom stereocenters. The molecule has 0 saturated carbocycles. The van der Waals surface area contributed by atoms with Crippen LogP contribution in [-0.2, 0) is 9.47 Å². The van der Waals surface area contributed by atoms with Crippen LogP contribution in [0.15, 0.2) is 0 Å². The Morgan fingerprint density at radius 3 is 2.50 bits per heavy atom. The highest BCUT2D eigenvalue weighted by Gasteiger charge is 1.95. The van der Waals surface area contributed by atoms with Crippen molar-refractivity contribution in [1.82, 2.24) is 0 Å². The van der Waals surface area contributed by atoms with Gasteiger partial charge >= 0.3 is 0 Å². The van der Waals surface area contributed by atoms with Gasteiger partial charge in [-0.25, -0.2) is 0 Å². The Balaban J connectivity index is 2.89. The molecule has 62 valence electrons. The van der Waals surface area contributed by atoms with Gasteiger partial charge < -0.3 is 9.47 Å². The lowest BCUT2D eigenvalue weighted by atomic mass is 10.3. The molecule has 0 aromatic carbocycles. The van der Waals surface area contributed by atoms with E-state index in [9.17, 15) is 0 Å². The topological polar surface area (TPSA) is 18.5 Å². The highest BCUT2D eigenvalue weighted by molar-refractivity contribution is 4.44. The first-order chi connectivity index (χ1) is 4.81. The maximum absolute atomic E-state index is 5.41. The van der Waals surface area contributed by atoms with Crippen molar-refractivity contribution in [1.29, 1.82) is 0 Å².